The third-order valence-corrected chi connectivity index (χ3v) is 6.08. The van der Waals surface area contributed by atoms with E-state index in [1.54, 1.807) is 12.1 Å². The van der Waals surface area contributed by atoms with Crippen LogP contribution in [-0.4, -0.2) is 30.1 Å². The van der Waals surface area contributed by atoms with Gasteiger partial charge in [-0.05, 0) is 54.5 Å². The minimum absolute atomic E-state index is 0.176. The summed E-state index contributed by atoms with van der Waals surface area (Å²) in [6.07, 6.45) is 3.47. The van der Waals surface area contributed by atoms with E-state index in [1.165, 1.54) is 30.0 Å². The van der Waals surface area contributed by atoms with Crippen molar-refractivity contribution < 1.29 is 4.39 Å². The van der Waals surface area contributed by atoms with Gasteiger partial charge < -0.3 is 4.90 Å². The Morgan fingerprint density at radius 3 is 2.39 bits per heavy atom. The number of benzene rings is 2. The molecule has 0 aromatic heterocycles. The van der Waals surface area contributed by atoms with E-state index in [0.29, 0.717) is 17.2 Å². The van der Waals surface area contributed by atoms with Crippen molar-refractivity contribution in [3.8, 4) is 6.07 Å². The second-order valence-corrected chi connectivity index (χ2v) is 8.76. The summed E-state index contributed by atoms with van der Waals surface area (Å²) in [4.78, 5) is 4.74. The van der Waals surface area contributed by atoms with Crippen LogP contribution >= 0.6 is 0 Å². The van der Waals surface area contributed by atoms with Crippen molar-refractivity contribution >= 4 is 5.69 Å². The van der Waals surface area contributed by atoms with E-state index in [9.17, 15) is 4.39 Å². The van der Waals surface area contributed by atoms with Gasteiger partial charge in [-0.1, -0.05) is 38.1 Å². The molecule has 0 atom stereocenters. The van der Waals surface area contributed by atoms with Gasteiger partial charge in [0.1, 0.15) is 5.82 Å². The van der Waals surface area contributed by atoms with Crippen molar-refractivity contribution in [2.24, 2.45) is 5.92 Å². The highest BCUT2D eigenvalue weighted by molar-refractivity contribution is 5.52. The first-order valence-corrected chi connectivity index (χ1v) is 10.3. The van der Waals surface area contributed by atoms with E-state index in [4.69, 9.17) is 5.26 Å². The summed E-state index contributed by atoms with van der Waals surface area (Å²) < 4.78 is 14.5. The Morgan fingerprint density at radius 1 is 1.07 bits per heavy atom. The van der Waals surface area contributed by atoms with Crippen LogP contribution in [0.1, 0.15) is 43.4 Å². The number of hydrogen-bond acceptors (Lipinski definition) is 3. The number of halogens is 1. The summed E-state index contributed by atoms with van der Waals surface area (Å²) in [5, 5.41) is 8.95. The van der Waals surface area contributed by atoms with Crippen LogP contribution in [-0.2, 0) is 13.0 Å². The second kappa shape index (κ2) is 7.56. The summed E-state index contributed by atoms with van der Waals surface area (Å²) in [7, 11) is 0. The Kier molecular flexibility index (Phi) is 5.12. The molecule has 4 heteroatoms. The summed E-state index contributed by atoms with van der Waals surface area (Å²) in [6, 6.07) is 15.9. The second-order valence-electron chi connectivity index (χ2n) is 8.76. The first kappa shape index (κ1) is 19.0. The van der Waals surface area contributed by atoms with Gasteiger partial charge in [0.15, 0.2) is 0 Å². The minimum atomic E-state index is -0.288. The quantitative estimate of drug-likeness (QED) is 0.753. The van der Waals surface area contributed by atoms with E-state index in [2.05, 4.69) is 47.9 Å². The molecule has 1 saturated carbocycles. The monoisotopic (exact) mass is 377 g/mol. The molecule has 146 valence electrons. The topological polar surface area (TPSA) is 30.3 Å². The van der Waals surface area contributed by atoms with E-state index in [-0.39, 0.29) is 11.4 Å². The van der Waals surface area contributed by atoms with Gasteiger partial charge in [-0.15, -0.1) is 0 Å². The minimum Gasteiger partial charge on any atom is -0.366 e. The molecule has 2 aromatic carbocycles. The van der Waals surface area contributed by atoms with Gasteiger partial charge in [-0.2, -0.15) is 5.26 Å². The first-order valence-electron chi connectivity index (χ1n) is 10.3. The fraction of sp³-hybridized carbons (Fsp3) is 0.458. The zero-order valence-corrected chi connectivity index (χ0v) is 16.8. The molecule has 0 amide bonds. The maximum Gasteiger partial charge on any atom is 0.147 e. The van der Waals surface area contributed by atoms with Gasteiger partial charge in [-0.25, -0.2) is 4.39 Å². The van der Waals surface area contributed by atoms with Crippen LogP contribution in [0.4, 0.5) is 10.1 Å². The molecule has 2 aliphatic rings. The summed E-state index contributed by atoms with van der Waals surface area (Å²) in [5.74, 6) is 0.389. The normalized spacial score (nSPS) is 18.5. The van der Waals surface area contributed by atoms with E-state index in [0.717, 1.165) is 32.6 Å². The molecule has 3 nitrogen and oxygen atoms in total. The van der Waals surface area contributed by atoms with Crippen molar-refractivity contribution in [1.82, 2.24) is 4.90 Å². The third kappa shape index (κ3) is 3.91. The number of nitriles is 1. The SMILES string of the molecule is CC(C)Cc1ccc(CN2CCN(c3ccc(C#N)cc3F)CC23CC3)cc1. The molecule has 0 N–H and O–H groups in total. The van der Waals surface area contributed by atoms with E-state index in [1.807, 2.05) is 6.07 Å². The average Bonchev–Trinajstić information content (AvgIpc) is 3.44. The fourth-order valence-corrected chi connectivity index (χ4v) is 4.39. The lowest BCUT2D eigenvalue weighted by molar-refractivity contribution is 0.149. The predicted molar refractivity (Wildman–Crippen MR) is 111 cm³/mol. The van der Waals surface area contributed by atoms with Crippen molar-refractivity contribution in [3.63, 3.8) is 0 Å². The lowest BCUT2D eigenvalue weighted by Crippen LogP contribution is -2.54. The van der Waals surface area contributed by atoms with Crippen LogP contribution in [0.25, 0.3) is 0 Å². The molecule has 4 rings (SSSR count). The Labute approximate surface area is 167 Å². The first-order chi connectivity index (χ1) is 13.5. The zero-order valence-electron chi connectivity index (χ0n) is 16.8. The van der Waals surface area contributed by atoms with Gasteiger partial charge in [-0.3, -0.25) is 4.90 Å². The molecule has 1 aliphatic heterocycles. The predicted octanol–water partition coefficient (Wildman–Crippen LogP) is 4.75. The zero-order chi connectivity index (χ0) is 19.7. The number of hydrogen-bond donors (Lipinski definition) is 0. The summed E-state index contributed by atoms with van der Waals surface area (Å²) in [6.45, 7) is 8.08. The molecule has 1 saturated heterocycles. The number of anilines is 1. The maximum absolute atomic E-state index is 14.5. The third-order valence-electron chi connectivity index (χ3n) is 6.08. The van der Waals surface area contributed by atoms with Crippen LogP contribution in [0, 0.1) is 23.1 Å². The van der Waals surface area contributed by atoms with Gasteiger partial charge in [0, 0.05) is 31.7 Å². The summed E-state index contributed by atoms with van der Waals surface area (Å²) in [5.41, 5.74) is 3.94. The molecule has 2 aromatic rings. The average molecular weight is 378 g/mol. The van der Waals surface area contributed by atoms with Crippen molar-refractivity contribution in [2.45, 2.75) is 45.2 Å². The molecule has 28 heavy (non-hydrogen) atoms. The van der Waals surface area contributed by atoms with Crippen LogP contribution in [0.5, 0.6) is 0 Å². The number of rotatable bonds is 5. The Bertz CT molecular complexity index is 878. The smallest absolute Gasteiger partial charge is 0.147 e. The summed E-state index contributed by atoms with van der Waals surface area (Å²) >= 11 is 0. The van der Waals surface area contributed by atoms with Crippen LogP contribution in [0.15, 0.2) is 42.5 Å². The number of piperazine rings is 1. The highest BCUT2D eigenvalue weighted by Gasteiger charge is 2.51. The Hall–Kier alpha value is -2.38. The molecule has 0 unspecified atom stereocenters. The van der Waals surface area contributed by atoms with E-state index >= 15 is 0 Å². The van der Waals surface area contributed by atoms with Crippen LogP contribution < -0.4 is 4.90 Å². The number of nitrogens with zero attached hydrogens (tertiary/aromatic N) is 3. The highest BCUT2D eigenvalue weighted by Crippen LogP contribution is 2.46. The molecular weight excluding hydrogens is 349 g/mol. The lowest BCUT2D eigenvalue weighted by atomic mass is 10.0. The van der Waals surface area contributed by atoms with Crippen LogP contribution in [0.2, 0.25) is 0 Å². The molecule has 1 spiro atoms. The van der Waals surface area contributed by atoms with E-state index < -0.39 is 0 Å². The van der Waals surface area contributed by atoms with Gasteiger partial charge in [0.05, 0.1) is 17.3 Å². The molecule has 2 fully saturated rings. The van der Waals surface area contributed by atoms with Crippen molar-refractivity contribution in [3.05, 3.63) is 65.0 Å². The molecule has 0 radical (unpaired) electrons. The largest absolute Gasteiger partial charge is 0.366 e. The van der Waals surface area contributed by atoms with Gasteiger partial charge in [0.2, 0.25) is 0 Å². The maximum atomic E-state index is 14.5. The standard InChI is InChI=1S/C24H28FN3/c1-18(2)13-19-3-5-20(6-4-19)16-28-12-11-27(17-24(28)9-10-24)23-8-7-21(15-26)14-22(23)25/h3-8,14,18H,9-13,16-17H2,1-2H3. The van der Waals surface area contributed by atoms with Gasteiger partial charge >= 0.3 is 0 Å². The lowest BCUT2D eigenvalue weighted by Gasteiger charge is -2.43. The highest BCUT2D eigenvalue weighted by atomic mass is 19.1. The Morgan fingerprint density at radius 2 is 1.79 bits per heavy atom. The molecule has 1 heterocycles. The molecule has 0 bridgehead atoms. The fourth-order valence-electron chi connectivity index (χ4n) is 4.39. The van der Waals surface area contributed by atoms with Gasteiger partial charge in [0.25, 0.3) is 0 Å². The van der Waals surface area contributed by atoms with Crippen molar-refractivity contribution in [2.75, 3.05) is 24.5 Å². The Balaban J connectivity index is 1.43. The van der Waals surface area contributed by atoms with Crippen molar-refractivity contribution in [1.29, 1.82) is 5.26 Å². The molecular formula is C24H28FN3. The molecule has 1 aliphatic carbocycles. The van der Waals surface area contributed by atoms with Crippen LogP contribution in [0.3, 0.4) is 0 Å².